The van der Waals surface area contributed by atoms with E-state index in [-0.39, 0.29) is 11.3 Å². The van der Waals surface area contributed by atoms with Crippen LogP contribution in [0.15, 0.2) is 41.3 Å². The van der Waals surface area contributed by atoms with Gasteiger partial charge < -0.3 is 4.74 Å². The molecule has 178 valence electrons. The molecule has 0 aliphatic heterocycles. The Kier molecular flexibility index (Phi) is 9.86. The zero-order chi connectivity index (χ0) is 23.9. The summed E-state index contributed by atoms with van der Waals surface area (Å²) in [4.78, 5) is 13.7. The molecular formula is C26H40N2O3S. The van der Waals surface area contributed by atoms with Crippen LogP contribution in [0.25, 0.3) is 10.8 Å². The number of amides is 1. The van der Waals surface area contributed by atoms with Gasteiger partial charge in [0.25, 0.3) is 5.91 Å². The first-order valence-electron chi connectivity index (χ1n) is 11.6. The van der Waals surface area contributed by atoms with Crippen LogP contribution in [0.3, 0.4) is 0 Å². The number of hydroxylamine groups is 1. The van der Waals surface area contributed by atoms with Crippen molar-refractivity contribution in [3.8, 4) is 5.75 Å². The van der Waals surface area contributed by atoms with Crippen molar-refractivity contribution in [3.63, 3.8) is 0 Å². The van der Waals surface area contributed by atoms with Gasteiger partial charge in [0.05, 0.1) is 6.61 Å². The number of carbonyl (C=O) groups is 1. The van der Waals surface area contributed by atoms with Gasteiger partial charge >= 0.3 is 0 Å². The molecule has 0 radical (unpaired) electrons. The molecule has 0 aliphatic rings. The Labute approximate surface area is 198 Å². The molecule has 0 heterocycles. The normalized spacial score (nSPS) is 13.2. The van der Waals surface area contributed by atoms with Gasteiger partial charge in [-0.25, -0.2) is 9.79 Å². The number of rotatable bonds is 11. The maximum Gasteiger partial charge on any atom is 0.262 e. The number of benzene rings is 2. The standard InChI is InChI=1S/C26H40N2O3S/c1-18(2)12-14-28(24(25(29)27-30)26(5,6)7)32-23-11-9-20-8-10-22(16-21(20)17-23)31-15-13-19(3)4/h8-11,16-19,24,30H,12-15H2,1-7H3,(H,27,29)/t24-/m0/s1. The molecule has 2 rings (SSSR count). The quantitative estimate of drug-likeness (QED) is 0.226. The minimum atomic E-state index is -0.474. The summed E-state index contributed by atoms with van der Waals surface area (Å²) >= 11 is 1.57. The van der Waals surface area contributed by atoms with E-state index < -0.39 is 6.04 Å². The van der Waals surface area contributed by atoms with Crippen molar-refractivity contribution < 1.29 is 14.7 Å². The van der Waals surface area contributed by atoms with E-state index in [1.807, 2.05) is 32.3 Å². The molecule has 0 aliphatic carbocycles. The molecule has 2 aromatic rings. The smallest absolute Gasteiger partial charge is 0.262 e. The van der Waals surface area contributed by atoms with E-state index in [1.165, 1.54) is 0 Å². The number of carbonyl (C=O) groups excluding carboxylic acids is 1. The third kappa shape index (κ3) is 7.98. The van der Waals surface area contributed by atoms with Gasteiger partial charge in [0.15, 0.2) is 0 Å². The van der Waals surface area contributed by atoms with Gasteiger partial charge in [-0.05, 0) is 77.1 Å². The molecule has 0 unspecified atom stereocenters. The fraction of sp³-hybridized carbons (Fsp3) is 0.577. The minimum absolute atomic E-state index is 0.342. The first kappa shape index (κ1) is 26.5. The van der Waals surface area contributed by atoms with Crippen LogP contribution in [-0.4, -0.2) is 34.6 Å². The van der Waals surface area contributed by atoms with Crippen molar-refractivity contribution in [3.05, 3.63) is 36.4 Å². The summed E-state index contributed by atoms with van der Waals surface area (Å²) in [5.74, 6) is 1.62. The van der Waals surface area contributed by atoms with Gasteiger partial charge in [-0.3, -0.25) is 10.0 Å². The molecule has 0 bridgehead atoms. The van der Waals surface area contributed by atoms with E-state index in [4.69, 9.17) is 4.74 Å². The third-order valence-corrected chi connectivity index (χ3v) is 6.46. The monoisotopic (exact) mass is 460 g/mol. The highest BCUT2D eigenvalue weighted by atomic mass is 32.2. The van der Waals surface area contributed by atoms with Gasteiger partial charge in [0, 0.05) is 11.4 Å². The molecule has 2 N–H and O–H groups in total. The van der Waals surface area contributed by atoms with Crippen LogP contribution in [0.5, 0.6) is 5.75 Å². The Bertz CT molecular complexity index is 877. The Morgan fingerprint density at radius 3 is 2.28 bits per heavy atom. The van der Waals surface area contributed by atoms with E-state index in [9.17, 15) is 10.0 Å². The Hall–Kier alpha value is -1.76. The summed E-state index contributed by atoms with van der Waals surface area (Å²) in [7, 11) is 0. The zero-order valence-corrected chi connectivity index (χ0v) is 21.5. The largest absolute Gasteiger partial charge is 0.494 e. The van der Waals surface area contributed by atoms with Gasteiger partial charge in [0.1, 0.15) is 11.8 Å². The summed E-state index contributed by atoms with van der Waals surface area (Å²) in [5.41, 5.74) is 1.54. The SMILES string of the molecule is CC(C)CCOc1ccc2ccc(SN(CCC(C)C)[C@@H](C(=O)NO)C(C)(C)C)cc2c1. The molecule has 32 heavy (non-hydrogen) atoms. The van der Waals surface area contributed by atoms with Crippen LogP contribution in [0.4, 0.5) is 0 Å². The maximum absolute atomic E-state index is 12.6. The summed E-state index contributed by atoms with van der Waals surface area (Å²) in [5, 5.41) is 11.7. The molecule has 1 amide bonds. The minimum Gasteiger partial charge on any atom is -0.494 e. The van der Waals surface area contributed by atoms with Crippen LogP contribution < -0.4 is 10.2 Å². The molecular weight excluding hydrogens is 420 g/mol. The molecule has 5 nitrogen and oxygen atoms in total. The number of hydrogen-bond acceptors (Lipinski definition) is 5. The lowest BCUT2D eigenvalue weighted by molar-refractivity contribution is -0.136. The lowest BCUT2D eigenvalue weighted by Gasteiger charge is -2.37. The summed E-state index contributed by atoms with van der Waals surface area (Å²) in [6.07, 6.45) is 1.99. The molecule has 1 atom stereocenters. The fourth-order valence-electron chi connectivity index (χ4n) is 3.53. The average Bonchev–Trinajstić information content (AvgIpc) is 2.70. The fourth-order valence-corrected chi connectivity index (χ4v) is 4.82. The number of nitrogens with one attached hydrogen (secondary N) is 1. The number of fused-ring (bicyclic) bond motifs is 1. The molecule has 0 fully saturated rings. The first-order valence-corrected chi connectivity index (χ1v) is 12.3. The van der Waals surface area contributed by atoms with Crippen LogP contribution in [0.2, 0.25) is 0 Å². The molecule has 2 aromatic carbocycles. The second-order valence-electron chi connectivity index (χ2n) is 10.4. The molecule has 0 aromatic heterocycles. The highest BCUT2D eigenvalue weighted by molar-refractivity contribution is 7.97. The maximum atomic E-state index is 12.6. The highest BCUT2D eigenvalue weighted by Crippen LogP contribution is 2.35. The lowest BCUT2D eigenvalue weighted by Crippen LogP contribution is -2.51. The lowest BCUT2D eigenvalue weighted by atomic mass is 9.86. The van der Waals surface area contributed by atoms with Gasteiger partial charge in [-0.2, -0.15) is 0 Å². The number of hydrogen-bond donors (Lipinski definition) is 2. The van der Waals surface area contributed by atoms with Crippen molar-refractivity contribution in [2.24, 2.45) is 17.3 Å². The predicted molar refractivity (Wildman–Crippen MR) is 134 cm³/mol. The van der Waals surface area contributed by atoms with Crippen LogP contribution in [-0.2, 0) is 4.79 Å². The second kappa shape index (κ2) is 11.9. The zero-order valence-electron chi connectivity index (χ0n) is 20.6. The third-order valence-electron chi connectivity index (χ3n) is 5.36. The van der Waals surface area contributed by atoms with Crippen molar-refractivity contribution in [2.45, 2.75) is 72.2 Å². The van der Waals surface area contributed by atoms with Crippen LogP contribution in [0.1, 0.15) is 61.3 Å². The summed E-state index contributed by atoms with van der Waals surface area (Å²) in [6.45, 7) is 16.3. The van der Waals surface area contributed by atoms with E-state index in [2.05, 4.69) is 62.3 Å². The molecule has 6 heteroatoms. The second-order valence-corrected chi connectivity index (χ2v) is 11.5. The van der Waals surface area contributed by atoms with E-state index >= 15 is 0 Å². The van der Waals surface area contributed by atoms with Crippen molar-refractivity contribution in [2.75, 3.05) is 13.2 Å². The average molecular weight is 461 g/mol. The predicted octanol–water partition coefficient (Wildman–Crippen LogP) is 6.54. The summed E-state index contributed by atoms with van der Waals surface area (Å²) in [6, 6.07) is 12.1. The Balaban J connectivity index is 2.30. The van der Waals surface area contributed by atoms with Crippen molar-refractivity contribution in [1.82, 2.24) is 9.79 Å². The summed E-state index contributed by atoms with van der Waals surface area (Å²) < 4.78 is 8.05. The van der Waals surface area contributed by atoms with E-state index in [1.54, 1.807) is 11.9 Å². The highest BCUT2D eigenvalue weighted by Gasteiger charge is 2.37. The Morgan fingerprint density at radius 2 is 1.69 bits per heavy atom. The topological polar surface area (TPSA) is 61.8 Å². The first-order chi connectivity index (χ1) is 15.0. The van der Waals surface area contributed by atoms with Crippen LogP contribution in [0, 0.1) is 17.3 Å². The van der Waals surface area contributed by atoms with Gasteiger partial charge in [0.2, 0.25) is 0 Å². The van der Waals surface area contributed by atoms with E-state index in [0.29, 0.717) is 18.4 Å². The van der Waals surface area contributed by atoms with Crippen LogP contribution >= 0.6 is 11.9 Å². The van der Waals surface area contributed by atoms with Gasteiger partial charge in [-0.1, -0.05) is 60.6 Å². The van der Waals surface area contributed by atoms with E-state index in [0.717, 1.165) is 40.8 Å². The van der Waals surface area contributed by atoms with Gasteiger partial charge in [-0.15, -0.1) is 0 Å². The van der Waals surface area contributed by atoms with Crippen molar-refractivity contribution in [1.29, 1.82) is 0 Å². The number of nitrogens with zero attached hydrogens (tertiary/aromatic N) is 1. The molecule has 0 spiro atoms. The van der Waals surface area contributed by atoms with Crippen molar-refractivity contribution >= 4 is 28.6 Å². The number of ether oxygens (including phenoxy) is 1. The molecule has 0 saturated carbocycles. The Morgan fingerprint density at radius 1 is 1.03 bits per heavy atom. The molecule has 0 saturated heterocycles.